The highest BCUT2D eigenvalue weighted by atomic mass is 35.5. The van der Waals surface area contributed by atoms with E-state index in [1.807, 2.05) is 0 Å². The van der Waals surface area contributed by atoms with E-state index in [0.717, 1.165) is 19.4 Å². The summed E-state index contributed by atoms with van der Waals surface area (Å²) in [5, 5.41) is 3.91. The lowest BCUT2D eigenvalue weighted by Crippen LogP contribution is -2.35. The summed E-state index contributed by atoms with van der Waals surface area (Å²) in [6.45, 7) is 1.49. The Bertz CT molecular complexity index is 406. The van der Waals surface area contributed by atoms with Gasteiger partial charge in [-0.1, -0.05) is 18.0 Å². The summed E-state index contributed by atoms with van der Waals surface area (Å²) in [4.78, 5) is 15.6. The number of rotatable bonds is 4. The van der Waals surface area contributed by atoms with Crippen LogP contribution in [0.2, 0.25) is 5.02 Å². The molecule has 0 saturated carbocycles. The smallest absolute Gasteiger partial charge is 0.356 e. The molecule has 0 aromatic carbocycles. The Morgan fingerprint density at radius 2 is 2.44 bits per heavy atom. The molecule has 0 spiro atoms. The second-order valence-electron chi connectivity index (χ2n) is 4.43. The second kappa shape index (κ2) is 6.71. The predicted molar refractivity (Wildman–Crippen MR) is 69.8 cm³/mol. The number of halogens is 1. The number of pyridine rings is 1. The molecule has 0 amide bonds. The molecular weight excluding hydrogens is 252 g/mol. The van der Waals surface area contributed by atoms with Gasteiger partial charge in [-0.3, -0.25) is 0 Å². The second-order valence-corrected chi connectivity index (χ2v) is 4.87. The van der Waals surface area contributed by atoms with Gasteiger partial charge in [0.15, 0.2) is 0 Å². The zero-order valence-electron chi connectivity index (χ0n) is 10.2. The molecular formula is C13H17ClN2O2. The summed E-state index contributed by atoms with van der Waals surface area (Å²) in [7, 11) is 0. The fraction of sp³-hybridized carbons (Fsp3) is 0.538. The Hall–Kier alpha value is -1.13. The molecule has 1 aromatic heterocycles. The maximum atomic E-state index is 11.7. The van der Waals surface area contributed by atoms with Crippen LogP contribution in [0.25, 0.3) is 0 Å². The summed E-state index contributed by atoms with van der Waals surface area (Å²) >= 11 is 5.79. The Balaban J connectivity index is 1.74. The third kappa shape index (κ3) is 3.96. The summed E-state index contributed by atoms with van der Waals surface area (Å²) in [6.07, 6.45) is 6.01. The van der Waals surface area contributed by atoms with Gasteiger partial charge in [0.1, 0.15) is 5.69 Å². The van der Waals surface area contributed by atoms with E-state index in [1.54, 1.807) is 6.07 Å². The zero-order chi connectivity index (χ0) is 12.8. The lowest BCUT2D eigenvalue weighted by molar-refractivity contribution is 0.0479. The van der Waals surface area contributed by atoms with Crippen LogP contribution in [-0.4, -0.2) is 30.1 Å². The number of esters is 1. The van der Waals surface area contributed by atoms with Gasteiger partial charge in [-0.15, -0.1) is 0 Å². The van der Waals surface area contributed by atoms with Crippen LogP contribution in [0, 0.1) is 0 Å². The van der Waals surface area contributed by atoms with Gasteiger partial charge in [0.25, 0.3) is 0 Å². The lowest BCUT2D eigenvalue weighted by Gasteiger charge is -2.22. The number of hydrogen-bond acceptors (Lipinski definition) is 4. The molecule has 1 aliphatic heterocycles. The molecule has 2 rings (SSSR count). The van der Waals surface area contributed by atoms with Crippen LogP contribution in [-0.2, 0) is 4.74 Å². The standard InChI is InChI=1S/C13H17ClN2O2/c14-10-4-7-16-12(9-10)13(17)18-8-5-11-3-1-2-6-15-11/h4,7,9,11,15H,1-3,5-6,8H2/t11-/m1/s1. The van der Waals surface area contributed by atoms with Crippen LogP contribution in [0.15, 0.2) is 18.3 Å². The number of aromatic nitrogens is 1. The van der Waals surface area contributed by atoms with E-state index >= 15 is 0 Å². The van der Waals surface area contributed by atoms with Crippen molar-refractivity contribution in [3.05, 3.63) is 29.0 Å². The van der Waals surface area contributed by atoms with Crippen LogP contribution in [0.4, 0.5) is 0 Å². The molecule has 98 valence electrons. The van der Waals surface area contributed by atoms with Gasteiger partial charge >= 0.3 is 5.97 Å². The summed E-state index contributed by atoms with van der Waals surface area (Å²) in [5.74, 6) is -0.409. The molecule has 1 fully saturated rings. The number of nitrogens with one attached hydrogen (secondary N) is 1. The van der Waals surface area contributed by atoms with Crippen molar-refractivity contribution in [3.8, 4) is 0 Å². The van der Waals surface area contributed by atoms with Gasteiger partial charge < -0.3 is 10.1 Å². The maximum absolute atomic E-state index is 11.7. The highest BCUT2D eigenvalue weighted by Crippen LogP contribution is 2.11. The molecule has 0 radical (unpaired) electrons. The third-order valence-electron chi connectivity index (χ3n) is 3.04. The van der Waals surface area contributed by atoms with Crippen LogP contribution < -0.4 is 5.32 Å². The highest BCUT2D eigenvalue weighted by Gasteiger charge is 2.14. The van der Waals surface area contributed by atoms with Gasteiger partial charge in [-0.25, -0.2) is 9.78 Å². The Morgan fingerprint density at radius 3 is 3.17 bits per heavy atom. The Morgan fingerprint density at radius 1 is 1.56 bits per heavy atom. The normalized spacial score (nSPS) is 19.5. The first-order chi connectivity index (χ1) is 8.75. The number of piperidine rings is 1. The molecule has 18 heavy (non-hydrogen) atoms. The summed E-state index contributed by atoms with van der Waals surface area (Å²) in [6, 6.07) is 3.62. The van der Waals surface area contributed by atoms with E-state index < -0.39 is 5.97 Å². The van der Waals surface area contributed by atoms with E-state index in [-0.39, 0.29) is 5.69 Å². The largest absolute Gasteiger partial charge is 0.461 e. The molecule has 1 saturated heterocycles. The molecule has 2 heterocycles. The predicted octanol–water partition coefficient (Wildman–Crippen LogP) is 2.42. The molecule has 1 N–H and O–H groups in total. The highest BCUT2D eigenvalue weighted by molar-refractivity contribution is 6.30. The van der Waals surface area contributed by atoms with Crippen LogP contribution >= 0.6 is 11.6 Å². The fourth-order valence-corrected chi connectivity index (χ4v) is 2.21. The van der Waals surface area contributed by atoms with Crippen molar-refractivity contribution in [2.24, 2.45) is 0 Å². The average Bonchev–Trinajstić information content (AvgIpc) is 2.40. The number of hydrogen-bond donors (Lipinski definition) is 1. The first-order valence-electron chi connectivity index (χ1n) is 6.28. The Kier molecular flexibility index (Phi) is 4.96. The molecule has 5 heteroatoms. The maximum Gasteiger partial charge on any atom is 0.356 e. The topological polar surface area (TPSA) is 51.2 Å². The molecule has 1 aliphatic rings. The first-order valence-corrected chi connectivity index (χ1v) is 6.65. The van der Waals surface area contributed by atoms with Crippen LogP contribution in [0.1, 0.15) is 36.2 Å². The third-order valence-corrected chi connectivity index (χ3v) is 3.28. The number of carbonyl (C=O) groups excluding carboxylic acids is 1. The zero-order valence-corrected chi connectivity index (χ0v) is 10.9. The molecule has 0 unspecified atom stereocenters. The SMILES string of the molecule is O=C(OCC[C@H]1CCCCN1)c1cc(Cl)ccn1. The van der Waals surface area contributed by atoms with E-state index in [4.69, 9.17) is 16.3 Å². The van der Waals surface area contributed by atoms with E-state index in [1.165, 1.54) is 25.1 Å². The number of carbonyl (C=O) groups is 1. The van der Waals surface area contributed by atoms with E-state index in [9.17, 15) is 4.79 Å². The van der Waals surface area contributed by atoms with Crippen molar-refractivity contribution in [2.75, 3.05) is 13.2 Å². The lowest BCUT2D eigenvalue weighted by atomic mass is 10.0. The van der Waals surface area contributed by atoms with E-state index in [2.05, 4.69) is 10.3 Å². The monoisotopic (exact) mass is 268 g/mol. The van der Waals surface area contributed by atoms with Crippen molar-refractivity contribution in [1.29, 1.82) is 0 Å². The van der Waals surface area contributed by atoms with Gasteiger partial charge in [0.2, 0.25) is 0 Å². The number of nitrogens with zero attached hydrogens (tertiary/aromatic N) is 1. The Labute approximate surface area is 112 Å². The van der Waals surface area contributed by atoms with Crippen molar-refractivity contribution in [3.63, 3.8) is 0 Å². The minimum atomic E-state index is -0.409. The first kappa shape index (κ1) is 13.3. The van der Waals surface area contributed by atoms with Crippen molar-refractivity contribution >= 4 is 17.6 Å². The average molecular weight is 269 g/mol. The van der Waals surface area contributed by atoms with Crippen molar-refractivity contribution in [1.82, 2.24) is 10.3 Å². The summed E-state index contributed by atoms with van der Waals surface area (Å²) < 4.78 is 5.19. The minimum absolute atomic E-state index is 0.263. The van der Waals surface area contributed by atoms with E-state index in [0.29, 0.717) is 17.7 Å². The number of ether oxygens (including phenoxy) is 1. The minimum Gasteiger partial charge on any atom is -0.461 e. The van der Waals surface area contributed by atoms with Crippen LogP contribution in [0.3, 0.4) is 0 Å². The quantitative estimate of drug-likeness (QED) is 0.852. The van der Waals surface area contributed by atoms with Crippen molar-refractivity contribution < 1.29 is 9.53 Å². The molecule has 0 bridgehead atoms. The van der Waals surface area contributed by atoms with Crippen LogP contribution in [0.5, 0.6) is 0 Å². The van der Waals surface area contributed by atoms with Gasteiger partial charge in [0, 0.05) is 17.3 Å². The summed E-state index contributed by atoms with van der Waals surface area (Å²) in [5.41, 5.74) is 0.263. The van der Waals surface area contributed by atoms with Crippen molar-refractivity contribution in [2.45, 2.75) is 31.7 Å². The molecule has 1 aromatic rings. The molecule has 1 atom stereocenters. The molecule has 0 aliphatic carbocycles. The van der Waals surface area contributed by atoms with Gasteiger partial charge in [-0.2, -0.15) is 0 Å². The molecule has 4 nitrogen and oxygen atoms in total. The fourth-order valence-electron chi connectivity index (χ4n) is 2.05. The van der Waals surface area contributed by atoms with Gasteiger partial charge in [-0.05, 0) is 37.9 Å². The van der Waals surface area contributed by atoms with Gasteiger partial charge in [0.05, 0.1) is 6.61 Å².